The van der Waals surface area contributed by atoms with E-state index in [0.29, 0.717) is 17.7 Å². The van der Waals surface area contributed by atoms with Crippen LogP contribution in [0, 0.1) is 5.82 Å². The van der Waals surface area contributed by atoms with Crippen molar-refractivity contribution in [3.63, 3.8) is 0 Å². The van der Waals surface area contributed by atoms with Gasteiger partial charge in [0, 0.05) is 24.2 Å². The lowest BCUT2D eigenvalue weighted by molar-refractivity contribution is 0.0984. The number of halogens is 1. The van der Waals surface area contributed by atoms with Crippen molar-refractivity contribution in [3.8, 4) is 0 Å². The zero-order valence-corrected chi connectivity index (χ0v) is 7.14. The van der Waals surface area contributed by atoms with Crippen LogP contribution < -0.4 is 5.32 Å². The standard InChI is InChI=1S/C10H10FNO/c11-7-3-4-8-9(6-7)12-5-1-2-10(8)13/h3-4,6,12H,1-2,5H2. The molecular formula is C10H10FNO. The number of Topliss-reactive ketones (excluding diaryl/α,β-unsaturated/α-hetero) is 1. The minimum Gasteiger partial charge on any atom is -0.384 e. The lowest BCUT2D eigenvalue weighted by atomic mass is 10.1. The van der Waals surface area contributed by atoms with Crippen molar-refractivity contribution in [1.82, 2.24) is 0 Å². The van der Waals surface area contributed by atoms with E-state index in [0.717, 1.165) is 13.0 Å². The summed E-state index contributed by atoms with van der Waals surface area (Å²) in [5, 5.41) is 3.04. The molecule has 1 heterocycles. The van der Waals surface area contributed by atoms with E-state index in [1.165, 1.54) is 12.1 Å². The molecule has 1 aromatic rings. The number of carbonyl (C=O) groups is 1. The van der Waals surface area contributed by atoms with Crippen LogP contribution in [-0.2, 0) is 0 Å². The smallest absolute Gasteiger partial charge is 0.165 e. The second-order valence-electron chi connectivity index (χ2n) is 3.14. The van der Waals surface area contributed by atoms with Crippen molar-refractivity contribution >= 4 is 11.5 Å². The van der Waals surface area contributed by atoms with Crippen LogP contribution in [0.15, 0.2) is 18.2 Å². The quantitative estimate of drug-likeness (QED) is 0.661. The number of rotatable bonds is 0. The van der Waals surface area contributed by atoms with E-state index in [-0.39, 0.29) is 11.6 Å². The topological polar surface area (TPSA) is 29.1 Å². The fraction of sp³-hybridized carbons (Fsp3) is 0.300. The van der Waals surface area contributed by atoms with Gasteiger partial charge in [0.1, 0.15) is 5.82 Å². The molecule has 13 heavy (non-hydrogen) atoms. The maximum Gasteiger partial charge on any atom is 0.165 e. The minimum absolute atomic E-state index is 0.0972. The molecule has 68 valence electrons. The summed E-state index contributed by atoms with van der Waals surface area (Å²) in [5.41, 5.74) is 1.24. The van der Waals surface area contributed by atoms with Crippen molar-refractivity contribution < 1.29 is 9.18 Å². The summed E-state index contributed by atoms with van der Waals surface area (Å²) >= 11 is 0. The van der Waals surface area contributed by atoms with Gasteiger partial charge >= 0.3 is 0 Å². The highest BCUT2D eigenvalue weighted by molar-refractivity contribution is 6.01. The summed E-state index contributed by atoms with van der Waals surface area (Å²) in [5.74, 6) is -0.207. The van der Waals surface area contributed by atoms with Gasteiger partial charge in [0.25, 0.3) is 0 Å². The number of benzene rings is 1. The summed E-state index contributed by atoms with van der Waals surface area (Å²) in [6.07, 6.45) is 1.36. The van der Waals surface area contributed by atoms with Gasteiger partial charge in [-0.1, -0.05) is 0 Å². The molecule has 1 aliphatic rings. The Bertz CT molecular complexity index is 349. The molecule has 0 aliphatic carbocycles. The highest BCUT2D eigenvalue weighted by atomic mass is 19.1. The third-order valence-electron chi connectivity index (χ3n) is 2.18. The number of nitrogens with one attached hydrogen (secondary N) is 1. The molecule has 0 unspecified atom stereocenters. The van der Waals surface area contributed by atoms with E-state index >= 15 is 0 Å². The molecule has 1 aliphatic heterocycles. The molecule has 1 N–H and O–H groups in total. The van der Waals surface area contributed by atoms with Crippen LogP contribution in [0.3, 0.4) is 0 Å². The fourth-order valence-corrected chi connectivity index (χ4v) is 1.51. The minimum atomic E-state index is -0.305. The summed E-state index contributed by atoms with van der Waals surface area (Å²) in [7, 11) is 0. The molecule has 3 heteroatoms. The van der Waals surface area contributed by atoms with Gasteiger partial charge in [0.2, 0.25) is 0 Å². The molecule has 0 radical (unpaired) electrons. The van der Waals surface area contributed by atoms with E-state index in [9.17, 15) is 9.18 Å². The summed E-state index contributed by atoms with van der Waals surface area (Å²) in [6.45, 7) is 0.738. The Labute approximate surface area is 75.8 Å². The predicted molar refractivity (Wildman–Crippen MR) is 48.5 cm³/mol. The van der Waals surface area contributed by atoms with Crippen LogP contribution in [0.1, 0.15) is 23.2 Å². The maximum atomic E-state index is 12.8. The highest BCUT2D eigenvalue weighted by Gasteiger charge is 2.14. The van der Waals surface area contributed by atoms with E-state index in [1.54, 1.807) is 6.07 Å². The molecule has 0 aromatic heterocycles. The van der Waals surface area contributed by atoms with Crippen LogP contribution in [0.2, 0.25) is 0 Å². The first-order valence-electron chi connectivity index (χ1n) is 4.34. The Morgan fingerprint density at radius 3 is 3.08 bits per heavy atom. The Balaban J connectivity index is 2.48. The molecule has 0 fully saturated rings. The second-order valence-corrected chi connectivity index (χ2v) is 3.14. The highest BCUT2D eigenvalue weighted by Crippen LogP contribution is 2.21. The lowest BCUT2D eigenvalue weighted by Gasteiger charge is -2.05. The molecule has 2 nitrogen and oxygen atoms in total. The first kappa shape index (κ1) is 8.23. The van der Waals surface area contributed by atoms with Gasteiger partial charge < -0.3 is 5.32 Å². The second kappa shape index (κ2) is 3.17. The Hall–Kier alpha value is -1.38. The zero-order valence-electron chi connectivity index (χ0n) is 7.14. The van der Waals surface area contributed by atoms with Gasteiger partial charge in [0.15, 0.2) is 5.78 Å². The van der Waals surface area contributed by atoms with Gasteiger partial charge in [-0.3, -0.25) is 4.79 Å². The Morgan fingerprint density at radius 1 is 1.38 bits per heavy atom. The van der Waals surface area contributed by atoms with Gasteiger partial charge in [-0.05, 0) is 24.6 Å². The molecule has 0 saturated carbocycles. The monoisotopic (exact) mass is 179 g/mol. The van der Waals surface area contributed by atoms with Crippen molar-refractivity contribution in [2.45, 2.75) is 12.8 Å². The number of fused-ring (bicyclic) bond motifs is 1. The third-order valence-corrected chi connectivity index (χ3v) is 2.18. The largest absolute Gasteiger partial charge is 0.384 e. The van der Waals surface area contributed by atoms with Crippen LogP contribution in [0.5, 0.6) is 0 Å². The average Bonchev–Trinajstić information content (AvgIpc) is 2.28. The van der Waals surface area contributed by atoms with Crippen LogP contribution in [-0.4, -0.2) is 12.3 Å². The summed E-state index contributed by atoms with van der Waals surface area (Å²) < 4.78 is 12.8. The first-order valence-corrected chi connectivity index (χ1v) is 4.34. The van der Waals surface area contributed by atoms with Crippen LogP contribution >= 0.6 is 0 Å². The molecule has 0 saturated heterocycles. The number of anilines is 1. The molecule has 1 aromatic carbocycles. The van der Waals surface area contributed by atoms with Gasteiger partial charge in [-0.25, -0.2) is 4.39 Å². The fourth-order valence-electron chi connectivity index (χ4n) is 1.51. The lowest BCUT2D eigenvalue weighted by Crippen LogP contribution is -2.00. The molecule has 0 bridgehead atoms. The number of ketones is 1. The Morgan fingerprint density at radius 2 is 2.23 bits per heavy atom. The van der Waals surface area contributed by atoms with E-state index < -0.39 is 0 Å². The third kappa shape index (κ3) is 1.54. The molecule has 0 atom stereocenters. The van der Waals surface area contributed by atoms with Gasteiger partial charge in [0.05, 0.1) is 0 Å². The molecule has 2 rings (SSSR count). The predicted octanol–water partition coefficient (Wildman–Crippen LogP) is 2.21. The molecule has 0 amide bonds. The normalized spacial score (nSPS) is 15.9. The molecular weight excluding hydrogens is 169 g/mol. The van der Waals surface area contributed by atoms with E-state index in [4.69, 9.17) is 0 Å². The van der Waals surface area contributed by atoms with Crippen molar-refractivity contribution in [2.75, 3.05) is 11.9 Å². The summed E-state index contributed by atoms with van der Waals surface area (Å²) in [6, 6.07) is 4.24. The van der Waals surface area contributed by atoms with E-state index in [1.807, 2.05) is 0 Å². The van der Waals surface area contributed by atoms with Gasteiger partial charge in [-0.15, -0.1) is 0 Å². The zero-order chi connectivity index (χ0) is 9.26. The number of hydrogen-bond donors (Lipinski definition) is 1. The Kier molecular flexibility index (Phi) is 2.00. The molecule has 0 spiro atoms. The van der Waals surface area contributed by atoms with Crippen molar-refractivity contribution in [1.29, 1.82) is 0 Å². The average molecular weight is 179 g/mol. The van der Waals surface area contributed by atoms with Crippen molar-refractivity contribution in [3.05, 3.63) is 29.6 Å². The summed E-state index contributed by atoms with van der Waals surface area (Å²) in [4.78, 5) is 11.5. The van der Waals surface area contributed by atoms with Crippen LogP contribution in [0.4, 0.5) is 10.1 Å². The number of carbonyl (C=O) groups excluding carboxylic acids is 1. The SMILES string of the molecule is O=C1CCCNc2cc(F)ccc21. The van der Waals surface area contributed by atoms with Gasteiger partial charge in [-0.2, -0.15) is 0 Å². The maximum absolute atomic E-state index is 12.8. The number of hydrogen-bond acceptors (Lipinski definition) is 2. The van der Waals surface area contributed by atoms with Crippen LogP contribution in [0.25, 0.3) is 0 Å². The first-order chi connectivity index (χ1) is 6.27. The van der Waals surface area contributed by atoms with Crippen molar-refractivity contribution in [2.24, 2.45) is 0 Å². The van der Waals surface area contributed by atoms with E-state index in [2.05, 4.69) is 5.32 Å².